The van der Waals surface area contributed by atoms with Crippen LogP contribution in [0.5, 0.6) is 5.75 Å². The molecule has 0 aliphatic rings. The molecular formula is C26H29NO2. The smallest absolute Gasteiger partial charge is 0.119 e. The Morgan fingerprint density at radius 2 is 1.41 bits per heavy atom. The highest BCUT2D eigenvalue weighted by Gasteiger charge is 2.10. The van der Waals surface area contributed by atoms with E-state index in [2.05, 4.69) is 77.7 Å². The standard InChI is InChI=1S/C26H29NO2/c1-28-18-16-24-13-14-26(29-2)19-25(24)15-17-27(20-22-9-5-3-6-10-22)21-23-11-7-4-8-12-23/h3-14,16,18-19H,15,17,20-21H2,1-2H3/b18-16+. The number of benzene rings is 3. The summed E-state index contributed by atoms with van der Waals surface area (Å²) in [6.45, 7) is 2.79. The van der Waals surface area contributed by atoms with Crippen LogP contribution in [0.2, 0.25) is 0 Å². The van der Waals surface area contributed by atoms with Crippen molar-refractivity contribution in [1.29, 1.82) is 0 Å². The van der Waals surface area contributed by atoms with Crippen LogP contribution < -0.4 is 4.74 Å². The largest absolute Gasteiger partial charge is 0.504 e. The Morgan fingerprint density at radius 3 is 1.97 bits per heavy atom. The molecule has 3 rings (SSSR count). The van der Waals surface area contributed by atoms with E-state index in [1.165, 1.54) is 16.7 Å². The quantitative estimate of drug-likeness (QED) is 0.425. The minimum Gasteiger partial charge on any atom is -0.504 e. The molecule has 0 heterocycles. The van der Waals surface area contributed by atoms with E-state index >= 15 is 0 Å². The Balaban J connectivity index is 1.77. The van der Waals surface area contributed by atoms with Crippen LogP contribution in [0.15, 0.2) is 85.1 Å². The molecule has 3 nitrogen and oxygen atoms in total. The van der Waals surface area contributed by atoms with Crippen molar-refractivity contribution in [2.75, 3.05) is 20.8 Å². The molecule has 0 unspecified atom stereocenters. The molecule has 0 aliphatic heterocycles. The van der Waals surface area contributed by atoms with E-state index in [1.54, 1.807) is 20.5 Å². The number of hydrogen-bond donors (Lipinski definition) is 0. The second-order valence-electron chi connectivity index (χ2n) is 7.04. The Bertz CT molecular complexity index is 850. The number of nitrogens with zero attached hydrogens (tertiary/aromatic N) is 1. The van der Waals surface area contributed by atoms with Crippen molar-refractivity contribution in [3.8, 4) is 5.75 Å². The van der Waals surface area contributed by atoms with E-state index in [0.717, 1.165) is 37.4 Å². The fourth-order valence-corrected chi connectivity index (χ4v) is 3.41. The summed E-state index contributed by atoms with van der Waals surface area (Å²) < 4.78 is 10.6. The number of hydrogen-bond acceptors (Lipinski definition) is 3. The van der Waals surface area contributed by atoms with Crippen LogP contribution in [0.4, 0.5) is 0 Å². The van der Waals surface area contributed by atoms with E-state index in [0.29, 0.717) is 0 Å². The predicted octanol–water partition coefficient (Wildman–Crippen LogP) is 5.56. The molecular weight excluding hydrogens is 358 g/mol. The molecule has 3 aromatic carbocycles. The summed E-state index contributed by atoms with van der Waals surface area (Å²) >= 11 is 0. The molecule has 0 amide bonds. The zero-order chi connectivity index (χ0) is 20.3. The normalized spacial score (nSPS) is 11.1. The van der Waals surface area contributed by atoms with Gasteiger partial charge in [0.25, 0.3) is 0 Å². The van der Waals surface area contributed by atoms with Crippen LogP contribution >= 0.6 is 0 Å². The average Bonchev–Trinajstić information content (AvgIpc) is 2.77. The Kier molecular flexibility index (Phi) is 7.90. The van der Waals surface area contributed by atoms with Gasteiger partial charge in [-0.05, 0) is 46.9 Å². The van der Waals surface area contributed by atoms with Crippen LogP contribution in [0, 0.1) is 0 Å². The van der Waals surface area contributed by atoms with Crippen molar-refractivity contribution in [3.05, 3.63) is 107 Å². The van der Waals surface area contributed by atoms with E-state index in [1.807, 2.05) is 12.1 Å². The molecule has 0 saturated carbocycles. The number of rotatable bonds is 10. The van der Waals surface area contributed by atoms with Crippen molar-refractivity contribution in [2.24, 2.45) is 0 Å². The number of methoxy groups -OCH3 is 2. The van der Waals surface area contributed by atoms with E-state index in [4.69, 9.17) is 9.47 Å². The monoisotopic (exact) mass is 387 g/mol. The van der Waals surface area contributed by atoms with Crippen LogP contribution in [-0.4, -0.2) is 25.7 Å². The lowest BCUT2D eigenvalue weighted by molar-refractivity contribution is 0.260. The maximum atomic E-state index is 5.44. The summed E-state index contributed by atoms with van der Waals surface area (Å²) in [6, 6.07) is 27.5. The Hall–Kier alpha value is -3.04. The van der Waals surface area contributed by atoms with Crippen LogP contribution in [-0.2, 0) is 24.2 Å². The van der Waals surface area contributed by atoms with E-state index < -0.39 is 0 Å². The van der Waals surface area contributed by atoms with E-state index in [-0.39, 0.29) is 0 Å². The molecule has 29 heavy (non-hydrogen) atoms. The van der Waals surface area contributed by atoms with Crippen molar-refractivity contribution >= 4 is 6.08 Å². The molecule has 0 aliphatic carbocycles. The predicted molar refractivity (Wildman–Crippen MR) is 120 cm³/mol. The van der Waals surface area contributed by atoms with Gasteiger partial charge in [0.2, 0.25) is 0 Å². The van der Waals surface area contributed by atoms with Crippen LogP contribution in [0.25, 0.3) is 6.08 Å². The third-order valence-electron chi connectivity index (χ3n) is 4.93. The van der Waals surface area contributed by atoms with Gasteiger partial charge < -0.3 is 9.47 Å². The summed E-state index contributed by atoms with van der Waals surface area (Å²) in [5, 5.41) is 0. The molecule has 0 saturated heterocycles. The van der Waals surface area contributed by atoms with Crippen molar-refractivity contribution < 1.29 is 9.47 Å². The van der Waals surface area contributed by atoms with Crippen LogP contribution in [0.3, 0.4) is 0 Å². The first kappa shape index (κ1) is 20.7. The van der Waals surface area contributed by atoms with Gasteiger partial charge in [0, 0.05) is 19.6 Å². The lowest BCUT2D eigenvalue weighted by atomic mass is 10.0. The summed E-state index contributed by atoms with van der Waals surface area (Å²) in [7, 11) is 3.38. The molecule has 150 valence electrons. The molecule has 3 aromatic rings. The van der Waals surface area contributed by atoms with Gasteiger partial charge in [-0.1, -0.05) is 66.7 Å². The highest BCUT2D eigenvalue weighted by atomic mass is 16.5. The lowest BCUT2D eigenvalue weighted by Crippen LogP contribution is -2.25. The summed E-state index contributed by atoms with van der Waals surface area (Å²) in [5.41, 5.74) is 5.07. The van der Waals surface area contributed by atoms with Crippen molar-refractivity contribution in [3.63, 3.8) is 0 Å². The zero-order valence-electron chi connectivity index (χ0n) is 17.3. The van der Waals surface area contributed by atoms with Gasteiger partial charge >= 0.3 is 0 Å². The Labute approximate surface area is 174 Å². The topological polar surface area (TPSA) is 21.7 Å². The van der Waals surface area contributed by atoms with Crippen molar-refractivity contribution in [2.45, 2.75) is 19.5 Å². The fourth-order valence-electron chi connectivity index (χ4n) is 3.41. The summed E-state index contributed by atoms with van der Waals surface area (Å²) in [5.74, 6) is 0.882. The molecule has 0 spiro atoms. The average molecular weight is 388 g/mol. The highest BCUT2D eigenvalue weighted by Crippen LogP contribution is 2.21. The zero-order valence-corrected chi connectivity index (χ0v) is 17.3. The first-order chi connectivity index (χ1) is 14.3. The van der Waals surface area contributed by atoms with E-state index in [9.17, 15) is 0 Å². The molecule has 0 bridgehead atoms. The first-order valence-corrected chi connectivity index (χ1v) is 9.95. The SMILES string of the molecule is CO/C=C/c1ccc(OC)cc1CCN(Cc1ccccc1)Cc1ccccc1. The van der Waals surface area contributed by atoms with Gasteiger partial charge in [0.1, 0.15) is 5.75 Å². The third kappa shape index (κ3) is 6.51. The molecule has 0 radical (unpaired) electrons. The lowest BCUT2D eigenvalue weighted by Gasteiger charge is -2.23. The number of ether oxygens (including phenoxy) is 2. The summed E-state index contributed by atoms with van der Waals surface area (Å²) in [4.78, 5) is 2.49. The molecule has 0 fully saturated rings. The van der Waals surface area contributed by atoms with Crippen molar-refractivity contribution in [1.82, 2.24) is 4.90 Å². The third-order valence-corrected chi connectivity index (χ3v) is 4.93. The van der Waals surface area contributed by atoms with Gasteiger partial charge in [-0.15, -0.1) is 0 Å². The highest BCUT2D eigenvalue weighted by molar-refractivity contribution is 5.55. The van der Waals surface area contributed by atoms with Gasteiger partial charge in [0.15, 0.2) is 0 Å². The first-order valence-electron chi connectivity index (χ1n) is 9.95. The molecule has 0 N–H and O–H groups in total. The minimum absolute atomic E-state index is 0.882. The summed E-state index contributed by atoms with van der Waals surface area (Å²) in [6.07, 6.45) is 4.66. The maximum Gasteiger partial charge on any atom is 0.119 e. The van der Waals surface area contributed by atoms with Gasteiger partial charge in [0.05, 0.1) is 20.5 Å². The van der Waals surface area contributed by atoms with Gasteiger partial charge in [-0.3, -0.25) is 4.90 Å². The maximum absolute atomic E-state index is 5.44. The minimum atomic E-state index is 0.882. The van der Waals surface area contributed by atoms with Gasteiger partial charge in [-0.25, -0.2) is 0 Å². The second kappa shape index (κ2) is 11.1. The van der Waals surface area contributed by atoms with Crippen LogP contribution in [0.1, 0.15) is 22.3 Å². The van der Waals surface area contributed by atoms with Gasteiger partial charge in [-0.2, -0.15) is 0 Å². The second-order valence-corrected chi connectivity index (χ2v) is 7.04. The fraction of sp³-hybridized carbons (Fsp3) is 0.231. The molecule has 0 aromatic heterocycles. The Morgan fingerprint density at radius 1 is 0.793 bits per heavy atom. The molecule has 3 heteroatoms. The molecule has 0 atom stereocenters.